The van der Waals surface area contributed by atoms with Gasteiger partial charge in [-0.3, -0.25) is 4.98 Å². The van der Waals surface area contributed by atoms with Crippen LogP contribution >= 0.6 is 0 Å². The minimum atomic E-state index is 0.572. The topological polar surface area (TPSA) is 34.2 Å². The molecule has 0 aliphatic rings. The maximum absolute atomic E-state index is 5.83. The molecule has 0 unspecified atom stereocenters. The Balaban J connectivity index is 2.09. The van der Waals surface area contributed by atoms with Gasteiger partial charge in [0.25, 0.3) is 0 Å². The van der Waals surface area contributed by atoms with Crippen LogP contribution in [0.5, 0.6) is 5.75 Å². The maximum Gasteiger partial charge on any atom is 0.142 e. The van der Waals surface area contributed by atoms with E-state index in [-0.39, 0.29) is 0 Å². The highest BCUT2D eigenvalue weighted by atomic mass is 16.5. The van der Waals surface area contributed by atoms with Gasteiger partial charge in [-0.2, -0.15) is 0 Å². The third-order valence-electron chi connectivity index (χ3n) is 2.65. The molecular weight excluding hydrogens is 224 g/mol. The summed E-state index contributed by atoms with van der Waals surface area (Å²) in [7, 11) is 1.91. The van der Waals surface area contributed by atoms with Gasteiger partial charge in [0.2, 0.25) is 0 Å². The number of aromatic nitrogens is 1. The SMILES string of the molecule is CNCc1nc(C)ccc1OCc1ccccc1. The van der Waals surface area contributed by atoms with Crippen molar-refractivity contribution in [3.8, 4) is 5.75 Å². The number of aryl methyl sites for hydroxylation is 1. The Morgan fingerprint density at radius 3 is 2.61 bits per heavy atom. The maximum atomic E-state index is 5.83. The first-order valence-electron chi connectivity index (χ1n) is 6.07. The van der Waals surface area contributed by atoms with Crippen LogP contribution < -0.4 is 10.1 Å². The molecule has 0 atom stereocenters. The molecule has 0 saturated carbocycles. The zero-order valence-electron chi connectivity index (χ0n) is 10.8. The standard InChI is InChI=1S/C15H18N2O/c1-12-8-9-15(14(17-12)10-16-2)18-11-13-6-4-3-5-7-13/h3-9,16H,10-11H2,1-2H3. The van der Waals surface area contributed by atoms with Crippen LogP contribution in [0.3, 0.4) is 0 Å². The minimum absolute atomic E-state index is 0.572. The average Bonchev–Trinajstić information content (AvgIpc) is 2.39. The lowest BCUT2D eigenvalue weighted by atomic mass is 10.2. The summed E-state index contributed by atoms with van der Waals surface area (Å²) in [6.45, 7) is 3.27. The molecule has 0 bridgehead atoms. The van der Waals surface area contributed by atoms with Crippen LogP contribution in [-0.4, -0.2) is 12.0 Å². The molecule has 0 radical (unpaired) electrons. The van der Waals surface area contributed by atoms with Crippen LogP contribution in [-0.2, 0) is 13.2 Å². The molecule has 0 spiro atoms. The molecule has 0 fully saturated rings. The van der Waals surface area contributed by atoms with Crippen molar-refractivity contribution in [2.24, 2.45) is 0 Å². The molecule has 1 N–H and O–H groups in total. The predicted octanol–water partition coefficient (Wildman–Crippen LogP) is 2.69. The Morgan fingerprint density at radius 1 is 1.11 bits per heavy atom. The number of hydrogen-bond acceptors (Lipinski definition) is 3. The third kappa shape index (κ3) is 3.31. The van der Waals surface area contributed by atoms with Crippen LogP contribution in [0.15, 0.2) is 42.5 Å². The van der Waals surface area contributed by atoms with Crippen LogP contribution in [0, 0.1) is 6.92 Å². The summed E-state index contributed by atoms with van der Waals surface area (Å²) >= 11 is 0. The molecule has 2 rings (SSSR count). The van der Waals surface area contributed by atoms with Crippen molar-refractivity contribution in [3.63, 3.8) is 0 Å². The predicted molar refractivity (Wildman–Crippen MR) is 72.5 cm³/mol. The molecule has 0 saturated heterocycles. The number of benzene rings is 1. The Kier molecular flexibility index (Phi) is 4.31. The number of rotatable bonds is 5. The van der Waals surface area contributed by atoms with E-state index >= 15 is 0 Å². The van der Waals surface area contributed by atoms with Gasteiger partial charge in [0, 0.05) is 12.2 Å². The molecule has 18 heavy (non-hydrogen) atoms. The number of nitrogens with one attached hydrogen (secondary N) is 1. The van der Waals surface area contributed by atoms with E-state index in [0.717, 1.165) is 22.7 Å². The second-order valence-corrected chi connectivity index (χ2v) is 4.20. The van der Waals surface area contributed by atoms with Crippen LogP contribution in [0.25, 0.3) is 0 Å². The van der Waals surface area contributed by atoms with Crippen molar-refractivity contribution in [2.75, 3.05) is 7.05 Å². The molecule has 0 aliphatic carbocycles. The highest BCUT2D eigenvalue weighted by molar-refractivity contribution is 5.29. The van der Waals surface area contributed by atoms with Gasteiger partial charge in [0.05, 0.1) is 5.69 Å². The van der Waals surface area contributed by atoms with E-state index in [0.29, 0.717) is 13.2 Å². The molecule has 1 heterocycles. The largest absolute Gasteiger partial charge is 0.487 e. The van der Waals surface area contributed by atoms with Crippen LogP contribution in [0.2, 0.25) is 0 Å². The lowest BCUT2D eigenvalue weighted by molar-refractivity contribution is 0.300. The second-order valence-electron chi connectivity index (χ2n) is 4.20. The number of ether oxygens (including phenoxy) is 1. The molecule has 0 aliphatic heterocycles. The van der Waals surface area contributed by atoms with Gasteiger partial charge >= 0.3 is 0 Å². The van der Waals surface area contributed by atoms with Gasteiger partial charge in [-0.05, 0) is 31.7 Å². The van der Waals surface area contributed by atoms with E-state index in [1.165, 1.54) is 0 Å². The molecule has 1 aromatic heterocycles. The molecular formula is C15H18N2O. The lowest BCUT2D eigenvalue weighted by Crippen LogP contribution is -2.10. The summed E-state index contributed by atoms with van der Waals surface area (Å²) in [6.07, 6.45) is 0. The monoisotopic (exact) mass is 242 g/mol. The fraction of sp³-hybridized carbons (Fsp3) is 0.267. The van der Waals surface area contributed by atoms with Crippen LogP contribution in [0.4, 0.5) is 0 Å². The van der Waals surface area contributed by atoms with E-state index < -0.39 is 0 Å². The fourth-order valence-corrected chi connectivity index (χ4v) is 1.76. The summed E-state index contributed by atoms with van der Waals surface area (Å²) in [5, 5.41) is 3.11. The van der Waals surface area contributed by atoms with Crippen LogP contribution in [0.1, 0.15) is 17.0 Å². The first kappa shape index (κ1) is 12.6. The van der Waals surface area contributed by atoms with Gasteiger partial charge in [-0.15, -0.1) is 0 Å². The summed E-state index contributed by atoms with van der Waals surface area (Å²) in [5.41, 5.74) is 3.12. The number of pyridine rings is 1. The van der Waals surface area contributed by atoms with Gasteiger partial charge in [-0.1, -0.05) is 30.3 Å². The lowest BCUT2D eigenvalue weighted by Gasteiger charge is -2.11. The number of hydrogen-bond donors (Lipinski definition) is 1. The van der Waals surface area contributed by atoms with Gasteiger partial charge in [0.1, 0.15) is 12.4 Å². The van der Waals surface area contributed by atoms with E-state index in [2.05, 4.69) is 22.4 Å². The molecule has 3 nitrogen and oxygen atoms in total. The van der Waals surface area contributed by atoms with Crippen molar-refractivity contribution in [2.45, 2.75) is 20.1 Å². The Morgan fingerprint density at radius 2 is 1.89 bits per heavy atom. The molecule has 3 heteroatoms. The van der Waals surface area contributed by atoms with E-state index in [9.17, 15) is 0 Å². The Labute approximate surface area is 108 Å². The summed E-state index contributed by atoms with van der Waals surface area (Å²) in [4.78, 5) is 4.49. The van der Waals surface area contributed by atoms with Gasteiger partial charge in [-0.25, -0.2) is 0 Å². The Hall–Kier alpha value is -1.87. The average molecular weight is 242 g/mol. The van der Waals surface area contributed by atoms with Crippen molar-refractivity contribution < 1.29 is 4.74 Å². The normalized spacial score (nSPS) is 10.3. The Bertz CT molecular complexity index is 497. The van der Waals surface area contributed by atoms with E-state index in [4.69, 9.17) is 4.74 Å². The summed E-state index contributed by atoms with van der Waals surface area (Å²) in [5.74, 6) is 0.846. The molecule has 94 valence electrons. The minimum Gasteiger partial charge on any atom is -0.487 e. The number of nitrogens with zero attached hydrogens (tertiary/aromatic N) is 1. The van der Waals surface area contributed by atoms with Crippen molar-refractivity contribution in [1.82, 2.24) is 10.3 Å². The second kappa shape index (κ2) is 6.17. The molecule has 2 aromatic rings. The highest BCUT2D eigenvalue weighted by Crippen LogP contribution is 2.18. The summed E-state index contributed by atoms with van der Waals surface area (Å²) in [6, 6.07) is 14.1. The quantitative estimate of drug-likeness (QED) is 0.875. The fourth-order valence-electron chi connectivity index (χ4n) is 1.76. The third-order valence-corrected chi connectivity index (χ3v) is 2.65. The van der Waals surface area contributed by atoms with Crippen molar-refractivity contribution in [3.05, 3.63) is 59.4 Å². The van der Waals surface area contributed by atoms with Crippen molar-refractivity contribution >= 4 is 0 Å². The van der Waals surface area contributed by atoms with E-state index in [1.807, 2.05) is 44.3 Å². The molecule has 0 amide bonds. The zero-order valence-corrected chi connectivity index (χ0v) is 10.8. The van der Waals surface area contributed by atoms with Crippen molar-refractivity contribution in [1.29, 1.82) is 0 Å². The highest BCUT2D eigenvalue weighted by Gasteiger charge is 2.05. The van der Waals surface area contributed by atoms with Gasteiger partial charge < -0.3 is 10.1 Å². The molecule has 1 aromatic carbocycles. The zero-order chi connectivity index (χ0) is 12.8. The summed E-state index contributed by atoms with van der Waals surface area (Å²) < 4.78 is 5.83. The van der Waals surface area contributed by atoms with Gasteiger partial charge in [0.15, 0.2) is 0 Å². The first-order chi connectivity index (χ1) is 8.79. The van der Waals surface area contributed by atoms with E-state index in [1.54, 1.807) is 0 Å². The first-order valence-corrected chi connectivity index (χ1v) is 6.07. The smallest absolute Gasteiger partial charge is 0.142 e.